The fourth-order valence-electron chi connectivity index (χ4n) is 4.21. The summed E-state index contributed by atoms with van der Waals surface area (Å²) in [5.74, 6) is -0.000509. The molecule has 3 N–H and O–H groups in total. The highest BCUT2D eigenvalue weighted by molar-refractivity contribution is 9.10. The molecule has 6 heteroatoms. The van der Waals surface area contributed by atoms with Crippen LogP contribution < -0.4 is 5.32 Å². The lowest BCUT2D eigenvalue weighted by Crippen LogP contribution is -2.30. The number of carbonyl (C=O) groups is 1. The van der Waals surface area contributed by atoms with Crippen molar-refractivity contribution in [3.63, 3.8) is 0 Å². The highest BCUT2D eigenvalue weighted by atomic mass is 79.9. The monoisotopic (exact) mass is 495 g/mol. The summed E-state index contributed by atoms with van der Waals surface area (Å²) in [6.07, 6.45) is -2.40. The van der Waals surface area contributed by atoms with Gasteiger partial charge < -0.3 is 20.3 Å². The SMILES string of the molecule is Cc1ccc(C(O)C(O)CCNC(=O)OCC2c3ccccc3-c3ccccc32)c(Br)c1. The van der Waals surface area contributed by atoms with Crippen molar-refractivity contribution in [1.29, 1.82) is 0 Å². The number of halogens is 1. The average molecular weight is 496 g/mol. The Morgan fingerprint density at radius 2 is 1.66 bits per heavy atom. The van der Waals surface area contributed by atoms with Crippen molar-refractivity contribution >= 4 is 22.0 Å². The minimum atomic E-state index is -1.05. The maximum atomic E-state index is 12.3. The molecule has 32 heavy (non-hydrogen) atoms. The third-order valence-electron chi connectivity index (χ3n) is 5.89. The van der Waals surface area contributed by atoms with Gasteiger partial charge in [-0.25, -0.2) is 4.79 Å². The first kappa shape index (κ1) is 22.5. The number of ether oxygens (including phenoxy) is 1. The van der Waals surface area contributed by atoms with Crippen LogP contribution in [0.4, 0.5) is 4.79 Å². The first-order valence-corrected chi connectivity index (χ1v) is 11.5. The molecule has 1 amide bonds. The minimum absolute atomic E-state index is 0.000509. The molecule has 0 aliphatic heterocycles. The summed E-state index contributed by atoms with van der Waals surface area (Å²) in [5, 5.41) is 23.4. The lowest BCUT2D eigenvalue weighted by atomic mass is 9.98. The van der Waals surface area contributed by atoms with Gasteiger partial charge in [-0.3, -0.25) is 0 Å². The quantitative estimate of drug-likeness (QED) is 0.426. The maximum Gasteiger partial charge on any atom is 0.407 e. The normalized spacial score (nSPS) is 14.4. The van der Waals surface area contributed by atoms with Crippen molar-refractivity contribution in [3.05, 3.63) is 93.5 Å². The first-order chi connectivity index (χ1) is 15.5. The molecular weight excluding hydrogens is 470 g/mol. The molecule has 0 saturated heterocycles. The molecule has 166 valence electrons. The van der Waals surface area contributed by atoms with Crippen molar-refractivity contribution in [2.45, 2.75) is 31.5 Å². The number of aryl methyl sites for hydroxylation is 1. The van der Waals surface area contributed by atoms with Gasteiger partial charge in [-0.05, 0) is 52.8 Å². The number of hydrogen-bond acceptors (Lipinski definition) is 4. The fraction of sp³-hybridized carbons (Fsp3) is 0.269. The van der Waals surface area contributed by atoms with Gasteiger partial charge in [0, 0.05) is 16.9 Å². The standard InChI is InChI=1S/C26H26BrNO4/c1-16-10-11-21(23(27)14-16)25(30)24(29)12-13-28-26(31)32-15-22-19-8-4-2-6-17(19)18-7-3-5-9-20(18)22/h2-11,14,22,24-25,29-30H,12-13,15H2,1H3,(H,28,31). The molecule has 2 atom stereocenters. The Morgan fingerprint density at radius 3 is 2.28 bits per heavy atom. The molecule has 1 aliphatic rings. The summed E-state index contributed by atoms with van der Waals surface area (Å²) >= 11 is 3.42. The van der Waals surface area contributed by atoms with Gasteiger partial charge in [-0.1, -0.05) is 76.6 Å². The Morgan fingerprint density at radius 1 is 1.03 bits per heavy atom. The second-order valence-corrected chi connectivity index (χ2v) is 8.93. The number of aliphatic hydroxyl groups excluding tert-OH is 2. The topological polar surface area (TPSA) is 78.8 Å². The molecule has 0 saturated carbocycles. The Balaban J connectivity index is 1.29. The number of amides is 1. The summed E-state index contributed by atoms with van der Waals surface area (Å²) < 4.78 is 6.24. The lowest BCUT2D eigenvalue weighted by molar-refractivity contribution is 0.0132. The van der Waals surface area contributed by atoms with Crippen LogP contribution in [0.5, 0.6) is 0 Å². The number of carbonyl (C=O) groups excluding carboxylic acids is 1. The van der Waals surface area contributed by atoms with Gasteiger partial charge in [0.05, 0.1) is 6.10 Å². The van der Waals surface area contributed by atoms with E-state index in [-0.39, 0.29) is 25.5 Å². The summed E-state index contributed by atoms with van der Waals surface area (Å²) in [5.41, 5.74) is 6.34. The number of hydrogen-bond donors (Lipinski definition) is 3. The molecule has 2 unspecified atom stereocenters. The Labute approximate surface area is 196 Å². The van der Waals surface area contributed by atoms with Crippen molar-refractivity contribution < 1.29 is 19.7 Å². The Bertz CT molecular complexity index is 1070. The second-order valence-electron chi connectivity index (χ2n) is 8.08. The molecule has 5 nitrogen and oxygen atoms in total. The third kappa shape index (κ3) is 4.72. The van der Waals surface area contributed by atoms with Gasteiger partial charge in [0.25, 0.3) is 0 Å². The van der Waals surface area contributed by atoms with E-state index in [0.717, 1.165) is 21.2 Å². The Hall–Kier alpha value is -2.67. The predicted octanol–water partition coefficient (Wildman–Crippen LogP) is 5.08. The minimum Gasteiger partial charge on any atom is -0.449 e. The van der Waals surface area contributed by atoms with Crippen molar-refractivity contribution in [3.8, 4) is 11.1 Å². The van der Waals surface area contributed by atoms with E-state index in [1.807, 2.05) is 43.3 Å². The van der Waals surface area contributed by atoms with Crippen LogP contribution in [-0.4, -0.2) is 35.6 Å². The molecule has 0 bridgehead atoms. The molecule has 0 spiro atoms. The summed E-state index contributed by atoms with van der Waals surface area (Å²) in [7, 11) is 0. The molecule has 3 aromatic rings. The van der Waals surface area contributed by atoms with E-state index in [1.54, 1.807) is 6.07 Å². The van der Waals surface area contributed by atoms with E-state index in [2.05, 4.69) is 45.5 Å². The summed E-state index contributed by atoms with van der Waals surface area (Å²) in [6, 6.07) is 21.9. The van der Waals surface area contributed by atoms with Gasteiger partial charge in [-0.15, -0.1) is 0 Å². The van der Waals surface area contributed by atoms with Crippen LogP contribution in [0.2, 0.25) is 0 Å². The number of fused-ring (bicyclic) bond motifs is 3. The van der Waals surface area contributed by atoms with Gasteiger partial charge >= 0.3 is 6.09 Å². The van der Waals surface area contributed by atoms with E-state index in [1.165, 1.54) is 11.1 Å². The maximum absolute atomic E-state index is 12.3. The number of alkyl carbamates (subject to hydrolysis) is 1. The van der Waals surface area contributed by atoms with Gasteiger partial charge in [0.15, 0.2) is 0 Å². The van der Waals surface area contributed by atoms with Crippen LogP contribution >= 0.6 is 15.9 Å². The number of rotatable bonds is 7. The molecule has 0 aromatic heterocycles. The highest BCUT2D eigenvalue weighted by Gasteiger charge is 2.29. The zero-order valence-corrected chi connectivity index (χ0v) is 19.4. The lowest BCUT2D eigenvalue weighted by Gasteiger charge is -2.20. The molecule has 0 heterocycles. The zero-order chi connectivity index (χ0) is 22.7. The average Bonchev–Trinajstić information content (AvgIpc) is 3.11. The van der Waals surface area contributed by atoms with E-state index in [0.29, 0.717) is 5.56 Å². The molecule has 0 radical (unpaired) electrons. The van der Waals surface area contributed by atoms with Crippen molar-refractivity contribution in [1.82, 2.24) is 5.32 Å². The molecule has 1 aliphatic carbocycles. The van der Waals surface area contributed by atoms with Crippen LogP contribution in [-0.2, 0) is 4.74 Å². The summed E-state index contributed by atoms with van der Waals surface area (Å²) in [4.78, 5) is 12.3. The van der Waals surface area contributed by atoms with E-state index in [4.69, 9.17) is 4.74 Å². The molecular formula is C26H26BrNO4. The first-order valence-electron chi connectivity index (χ1n) is 10.7. The second kappa shape index (κ2) is 9.86. The molecule has 0 fully saturated rings. The van der Waals surface area contributed by atoms with E-state index in [9.17, 15) is 15.0 Å². The van der Waals surface area contributed by atoms with Crippen LogP contribution in [0.25, 0.3) is 11.1 Å². The van der Waals surface area contributed by atoms with E-state index < -0.39 is 18.3 Å². The van der Waals surface area contributed by atoms with Crippen LogP contribution in [0.3, 0.4) is 0 Å². The van der Waals surface area contributed by atoms with Crippen molar-refractivity contribution in [2.75, 3.05) is 13.2 Å². The largest absolute Gasteiger partial charge is 0.449 e. The number of benzene rings is 3. The zero-order valence-electron chi connectivity index (χ0n) is 17.8. The number of aliphatic hydroxyl groups is 2. The Kier molecular flexibility index (Phi) is 6.94. The van der Waals surface area contributed by atoms with Gasteiger partial charge in [0.2, 0.25) is 0 Å². The third-order valence-corrected chi connectivity index (χ3v) is 6.58. The van der Waals surface area contributed by atoms with Gasteiger partial charge in [0.1, 0.15) is 12.7 Å². The van der Waals surface area contributed by atoms with Crippen molar-refractivity contribution in [2.24, 2.45) is 0 Å². The van der Waals surface area contributed by atoms with E-state index >= 15 is 0 Å². The fourth-order valence-corrected chi connectivity index (χ4v) is 4.94. The van der Waals surface area contributed by atoms with Crippen LogP contribution in [0.1, 0.15) is 40.7 Å². The number of nitrogens with one attached hydrogen (secondary N) is 1. The highest BCUT2D eigenvalue weighted by Crippen LogP contribution is 2.44. The summed E-state index contributed by atoms with van der Waals surface area (Å²) in [6.45, 7) is 2.38. The molecule has 4 rings (SSSR count). The van der Waals surface area contributed by atoms with Crippen LogP contribution in [0, 0.1) is 6.92 Å². The van der Waals surface area contributed by atoms with Gasteiger partial charge in [-0.2, -0.15) is 0 Å². The van der Waals surface area contributed by atoms with Crippen LogP contribution in [0.15, 0.2) is 71.2 Å². The smallest absolute Gasteiger partial charge is 0.407 e. The predicted molar refractivity (Wildman–Crippen MR) is 128 cm³/mol. The molecule has 3 aromatic carbocycles.